The molecule has 2 N–H and O–H groups in total. The molecule has 1 aliphatic rings. The van der Waals surface area contributed by atoms with Crippen molar-refractivity contribution in [3.8, 4) is 0 Å². The van der Waals surface area contributed by atoms with Gasteiger partial charge >= 0.3 is 0 Å². The first-order chi connectivity index (χ1) is 10.6. The van der Waals surface area contributed by atoms with Crippen molar-refractivity contribution >= 4 is 11.8 Å². The first kappa shape index (κ1) is 14.4. The summed E-state index contributed by atoms with van der Waals surface area (Å²) in [6, 6.07) is 14.1. The Balaban J connectivity index is 1.96. The van der Waals surface area contributed by atoms with Crippen LogP contribution >= 0.6 is 0 Å². The van der Waals surface area contributed by atoms with Crippen LogP contribution in [0.25, 0.3) is 0 Å². The maximum atomic E-state index is 12.4. The third-order valence-corrected chi connectivity index (χ3v) is 3.85. The van der Waals surface area contributed by atoms with E-state index in [0.717, 1.165) is 4.90 Å². The highest BCUT2D eigenvalue weighted by molar-refractivity contribution is 6.21. The van der Waals surface area contributed by atoms with Gasteiger partial charge in [0.15, 0.2) is 0 Å². The van der Waals surface area contributed by atoms with Crippen molar-refractivity contribution in [2.75, 3.05) is 6.61 Å². The van der Waals surface area contributed by atoms with E-state index in [1.165, 1.54) is 0 Å². The first-order valence-corrected chi connectivity index (χ1v) is 6.96. The van der Waals surface area contributed by atoms with E-state index in [1.807, 2.05) is 0 Å². The molecule has 0 aliphatic carbocycles. The Morgan fingerprint density at radius 3 is 1.86 bits per heavy atom. The van der Waals surface area contributed by atoms with Gasteiger partial charge in [-0.25, -0.2) is 0 Å². The van der Waals surface area contributed by atoms with Gasteiger partial charge in [0.2, 0.25) is 0 Å². The lowest BCUT2D eigenvalue weighted by molar-refractivity contribution is 0.0172. The number of hydrogen-bond acceptors (Lipinski definition) is 4. The predicted octanol–water partition coefficient (Wildman–Crippen LogP) is 1.38. The minimum Gasteiger partial charge on any atom is -0.394 e. The zero-order chi connectivity index (χ0) is 15.7. The van der Waals surface area contributed by atoms with Crippen molar-refractivity contribution in [3.05, 3.63) is 71.3 Å². The molecule has 5 nitrogen and oxygen atoms in total. The summed E-state index contributed by atoms with van der Waals surface area (Å²) in [7, 11) is 0. The molecule has 1 heterocycles. The normalized spacial score (nSPS) is 16.5. The molecule has 5 heteroatoms. The molecule has 2 aromatic rings. The molecule has 0 bridgehead atoms. The smallest absolute Gasteiger partial charge is 0.261 e. The summed E-state index contributed by atoms with van der Waals surface area (Å²) in [4.78, 5) is 25.8. The zero-order valence-electron chi connectivity index (χ0n) is 11.7. The predicted molar refractivity (Wildman–Crippen MR) is 79.2 cm³/mol. The van der Waals surface area contributed by atoms with Crippen LogP contribution in [0.3, 0.4) is 0 Å². The van der Waals surface area contributed by atoms with Crippen molar-refractivity contribution in [1.29, 1.82) is 0 Å². The molecule has 112 valence electrons. The summed E-state index contributed by atoms with van der Waals surface area (Å²) in [6.07, 6.45) is -1.14. The number of aliphatic hydroxyl groups excluding tert-OH is 2. The molecule has 0 spiro atoms. The van der Waals surface area contributed by atoms with Crippen molar-refractivity contribution in [3.63, 3.8) is 0 Å². The third kappa shape index (κ3) is 2.20. The van der Waals surface area contributed by atoms with E-state index in [0.29, 0.717) is 16.7 Å². The lowest BCUT2D eigenvalue weighted by Gasteiger charge is -2.29. The Hall–Kier alpha value is -2.50. The number of nitrogens with zero attached hydrogens (tertiary/aromatic N) is 1. The average molecular weight is 297 g/mol. The van der Waals surface area contributed by atoms with Crippen LogP contribution in [0.4, 0.5) is 0 Å². The second-order valence-electron chi connectivity index (χ2n) is 5.13. The summed E-state index contributed by atoms with van der Waals surface area (Å²) in [6.45, 7) is -0.512. The van der Waals surface area contributed by atoms with Crippen LogP contribution < -0.4 is 0 Å². The van der Waals surface area contributed by atoms with Gasteiger partial charge in [-0.1, -0.05) is 42.5 Å². The van der Waals surface area contributed by atoms with Gasteiger partial charge in [-0.2, -0.15) is 0 Å². The van der Waals surface area contributed by atoms with Crippen molar-refractivity contribution in [2.45, 2.75) is 12.1 Å². The summed E-state index contributed by atoms with van der Waals surface area (Å²) < 4.78 is 0. The fraction of sp³-hybridized carbons (Fsp3) is 0.176. The molecule has 1 aliphatic heterocycles. The SMILES string of the molecule is O=C1c2ccccc2C(=O)N1[C@@H](CO)[C@H](O)c1ccccc1. The van der Waals surface area contributed by atoms with Gasteiger partial charge in [0.25, 0.3) is 11.8 Å². The summed E-state index contributed by atoms with van der Waals surface area (Å²) in [5, 5.41) is 20.1. The number of benzene rings is 2. The Morgan fingerprint density at radius 2 is 1.36 bits per heavy atom. The Morgan fingerprint density at radius 1 is 0.864 bits per heavy atom. The number of aliphatic hydroxyl groups is 2. The molecular weight excluding hydrogens is 282 g/mol. The highest BCUT2D eigenvalue weighted by Crippen LogP contribution is 2.29. The van der Waals surface area contributed by atoms with E-state index in [2.05, 4.69) is 0 Å². The number of carbonyl (C=O) groups is 2. The number of imide groups is 1. The van der Waals surface area contributed by atoms with Gasteiger partial charge in [-0.15, -0.1) is 0 Å². The van der Waals surface area contributed by atoms with Crippen LogP contribution in [0.2, 0.25) is 0 Å². The molecule has 0 unspecified atom stereocenters. The van der Waals surface area contributed by atoms with Crippen LogP contribution in [-0.4, -0.2) is 39.6 Å². The monoisotopic (exact) mass is 297 g/mol. The van der Waals surface area contributed by atoms with Crippen LogP contribution in [-0.2, 0) is 0 Å². The van der Waals surface area contributed by atoms with E-state index in [4.69, 9.17) is 0 Å². The lowest BCUT2D eigenvalue weighted by Crippen LogP contribution is -2.45. The van der Waals surface area contributed by atoms with Crippen LogP contribution in [0.15, 0.2) is 54.6 Å². The number of hydrogen-bond donors (Lipinski definition) is 2. The van der Waals surface area contributed by atoms with Crippen LogP contribution in [0, 0.1) is 0 Å². The molecule has 22 heavy (non-hydrogen) atoms. The second kappa shape index (κ2) is 5.71. The summed E-state index contributed by atoms with van der Waals surface area (Å²) >= 11 is 0. The Bertz CT molecular complexity index is 679. The number of fused-ring (bicyclic) bond motifs is 1. The van der Waals surface area contributed by atoms with Gasteiger partial charge in [-0.05, 0) is 17.7 Å². The quantitative estimate of drug-likeness (QED) is 0.836. The molecular formula is C17H15NO4. The standard InChI is InChI=1S/C17H15NO4/c19-10-14(15(20)11-6-2-1-3-7-11)18-16(21)12-8-4-5-9-13(12)17(18)22/h1-9,14-15,19-20H,10H2/t14-,15+/m0/s1. The molecule has 2 atom stereocenters. The van der Waals surface area contributed by atoms with Gasteiger partial charge in [0, 0.05) is 0 Å². The van der Waals surface area contributed by atoms with E-state index in [-0.39, 0.29) is 0 Å². The molecule has 0 fully saturated rings. The largest absolute Gasteiger partial charge is 0.394 e. The van der Waals surface area contributed by atoms with Gasteiger partial charge < -0.3 is 10.2 Å². The van der Waals surface area contributed by atoms with Crippen LogP contribution in [0.1, 0.15) is 32.4 Å². The minimum atomic E-state index is -1.14. The first-order valence-electron chi connectivity index (χ1n) is 6.96. The second-order valence-corrected chi connectivity index (χ2v) is 5.13. The minimum absolute atomic E-state index is 0.297. The lowest BCUT2D eigenvalue weighted by atomic mass is 10.0. The molecule has 0 saturated heterocycles. The van der Waals surface area contributed by atoms with Gasteiger partial charge in [-0.3, -0.25) is 14.5 Å². The van der Waals surface area contributed by atoms with Crippen molar-refractivity contribution < 1.29 is 19.8 Å². The van der Waals surface area contributed by atoms with Gasteiger partial charge in [0.05, 0.1) is 23.8 Å². The van der Waals surface area contributed by atoms with E-state index in [1.54, 1.807) is 54.6 Å². The van der Waals surface area contributed by atoms with E-state index >= 15 is 0 Å². The van der Waals surface area contributed by atoms with Crippen molar-refractivity contribution in [1.82, 2.24) is 4.90 Å². The maximum absolute atomic E-state index is 12.4. The molecule has 0 radical (unpaired) electrons. The van der Waals surface area contributed by atoms with Gasteiger partial charge in [0.1, 0.15) is 6.10 Å². The summed E-state index contributed by atoms with van der Waals surface area (Å²) in [5.41, 5.74) is 1.13. The molecule has 3 rings (SSSR count). The fourth-order valence-electron chi connectivity index (χ4n) is 2.70. The number of carbonyl (C=O) groups excluding carboxylic acids is 2. The average Bonchev–Trinajstić information content (AvgIpc) is 2.82. The van der Waals surface area contributed by atoms with Crippen molar-refractivity contribution in [2.24, 2.45) is 0 Å². The third-order valence-electron chi connectivity index (χ3n) is 3.85. The maximum Gasteiger partial charge on any atom is 0.261 e. The Kier molecular flexibility index (Phi) is 3.75. The molecule has 2 amide bonds. The molecule has 2 aromatic carbocycles. The van der Waals surface area contributed by atoms with E-state index in [9.17, 15) is 19.8 Å². The van der Waals surface area contributed by atoms with E-state index < -0.39 is 30.6 Å². The molecule has 0 saturated carbocycles. The van der Waals surface area contributed by atoms with Crippen LogP contribution in [0.5, 0.6) is 0 Å². The Labute approximate surface area is 127 Å². The topological polar surface area (TPSA) is 77.8 Å². The zero-order valence-corrected chi connectivity index (χ0v) is 11.7. The number of amides is 2. The fourth-order valence-corrected chi connectivity index (χ4v) is 2.70. The molecule has 0 aromatic heterocycles. The highest BCUT2D eigenvalue weighted by Gasteiger charge is 2.42. The summed E-state index contributed by atoms with van der Waals surface area (Å²) in [5.74, 6) is -0.982. The number of rotatable bonds is 4. The highest BCUT2D eigenvalue weighted by atomic mass is 16.3.